The van der Waals surface area contributed by atoms with Crippen molar-refractivity contribution in [3.05, 3.63) is 0 Å². The maximum absolute atomic E-state index is 12.9. The standard InChI is InChI=1S/C62H120O7/c1-4-7-10-13-16-19-22-25-28-31-34-37-40-43-46-49-52-59(64)67-56-62(55-63,57-68-60(65)53-50-47-44-41-38-35-32-29-26-23-20-17-14-11-8-5-2)58-69-61(66)54-51-48-45-42-39-36-33-30-27-24-21-18-15-12-9-6-3/h63H,4-58H2,1-3H3. The Balaban J connectivity index is 4.51. The van der Waals surface area contributed by atoms with E-state index in [9.17, 15) is 19.5 Å². The van der Waals surface area contributed by atoms with Gasteiger partial charge in [0.05, 0.1) is 12.0 Å². The fraction of sp³-hybridized carbons (Fsp3) is 0.952. The lowest BCUT2D eigenvalue weighted by Gasteiger charge is -2.30. The SMILES string of the molecule is CCCCCCCCCCCCCCCCCCC(=O)OCC(CO)(COC(=O)CCCCCCCCCCCCCCCCCC)COC(=O)CCCCCCCCCCCCCCCCCC. The zero-order valence-corrected chi connectivity index (χ0v) is 46.8. The van der Waals surface area contributed by atoms with Crippen molar-refractivity contribution in [2.45, 2.75) is 348 Å². The molecule has 69 heavy (non-hydrogen) atoms. The van der Waals surface area contributed by atoms with Crippen molar-refractivity contribution >= 4 is 17.9 Å². The van der Waals surface area contributed by atoms with Gasteiger partial charge in [0.1, 0.15) is 19.8 Å². The topological polar surface area (TPSA) is 99.1 Å². The highest BCUT2D eigenvalue weighted by Gasteiger charge is 2.35. The van der Waals surface area contributed by atoms with Crippen molar-refractivity contribution in [3.8, 4) is 0 Å². The van der Waals surface area contributed by atoms with Crippen LogP contribution in [0.3, 0.4) is 0 Å². The van der Waals surface area contributed by atoms with Gasteiger partial charge in [-0.25, -0.2) is 0 Å². The number of unbranched alkanes of at least 4 members (excludes halogenated alkanes) is 45. The Morgan fingerprint density at radius 3 is 0.551 bits per heavy atom. The van der Waals surface area contributed by atoms with Crippen LogP contribution in [0.15, 0.2) is 0 Å². The van der Waals surface area contributed by atoms with Gasteiger partial charge in [-0.2, -0.15) is 0 Å². The lowest BCUT2D eigenvalue weighted by molar-refractivity contribution is -0.165. The first-order chi connectivity index (χ1) is 33.9. The molecule has 410 valence electrons. The second-order valence-electron chi connectivity index (χ2n) is 21.8. The molecule has 0 amide bonds. The van der Waals surface area contributed by atoms with Crippen LogP contribution in [0.5, 0.6) is 0 Å². The molecule has 0 heterocycles. The summed E-state index contributed by atoms with van der Waals surface area (Å²) < 4.78 is 17.1. The van der Waals surface area contributed by atoms with Crippen LogP contribution in [0.1, 0.15) is 348 Å². The predicted octanol–water partition coefficient (Wildman–Crippen LogP) is 19.5. The molecule has 0 unspecified atom stereocenters. The van der Waals surface area contributed by atoms with Crippen molar-refractivity contribution < 1.29 is 33.7 Å². The Kier molecular flexibility index (Phi) is 54.4. The Morgan fingerprint density at radius 1 is 0.261 bits per heavy atom. The average molecular weight is 978 g/mol. The molecule has 0 aliphatic carbocycles. The number of aliphatic hydroxyl groups is 1. The van der Waals surface area contributed by atoms with E-state index in [0.29, 0.717) is 19.3 Å². The van der Waals surface area contributed by atoms with Crippen LogP contribution in [0.25, 0.3) is 0 Å². The van der Waals surface area contributed by atoms with Crippen LogP contribution >= 0.6 is 0 Å². The highest BCUT2D eigenvalue weighted by atomic mass is 16.6. The van der Waals surface area contributed by atoms with Crippen LogP contribution in [0.4, 0.5) is 0 Å². The van der Waals surface area contributed by atoms with Gasteiger partial charge in [0.15, 0.2) is 0 Å². The van der Waals surface area contributed by atoms with Crippen LogP contribution < -0.4 is 0 Å². The van der Waals surface area contributed by atoms with Gasteiger partial charge in [0.25, 0.3) is 0 Å². The van der Waals surface area contributed by atoms with E-state index in [1.807, 2.05) is 0 Å². The first-order valence-electron chi connectivity index (χ1n) is 31.0. The van der Waals surface area contributed by atoms with E-state index < -0.39 is 12.0 Å². The van der Waals surface area contributed by atoms with E-state index in [0.717, 1.165) is 57.8 Å². The maximum Gasteiger partial charge on any atom is 0.305 e. The van der Waals surface area contributed by atoms with Crippen molar-refractivity contribution in [1.82, 2.24) is 0 Å². The number of hydrogen-bond donors (Lipinski definition) is 1. The first-order valence-corrected chi connectivity index (χ1v) is 31.0. The second-order valence-corrected chi connectivity index (χ2v) is 21.8. The van der Waals surface area contributed by atoms with Gasteiger partial charge >= 0.3 is 17.9 Å². The Morgan fingerprint density at radius 2 is 0.406 bits per heavy atom. The molecule has 0 radical (unpaired) electrons. The number of carbonyl (C=O) groups is 3. The summed E-state index contributed by atoms with van der Waals surface area (Å²) in [5, 5.41) is 10.6. The Hall–Kier alpha value is -1.63. The molecule has 0 aromatic carbocycles. The number of ether oxygens (including phenoxy) is 3. The van der Waals surface area contributed by atoms with Gasteiger partial charge in [-0.3, -0.25) is 14.4 Å². The molecule has 0 spiro atoms. The molecule has 0 aliphatic heterocycles. The molecule has 0 saturated carbocycles. The van der Waals surface area contributed by atoms with E-state index >= 15 is 0 Å². The largest absolute Gasteiger partial charge is 0.465 e. The summed E-state index contributed by atoms with van der Waals surface area (Å²) in [6.45, 7) is 5.95. The summed E-state index contributed by atoms with van der Waals surface area (Å²) in [5.41, 5.74) is -1.18. The minimum Gasteiger partial charge on any atom is -0.465 e. The highest BCUT2D eigenvalue weighted by molar-refractivity contribution is 5.70. The van der Waals surface area contributed by atoms with E-state index in [1.54, 1.807) is 0 Å². The van der Waals surface area contributed by atoms with Gasteiger partial charge in [-0.1, -0.05) is 310 Å². The van der Waals surface area contributed by atoms with E-state index in [-0.39, 0.29) is 37.7 Å². The van der Waals surface area contributed by atoms with Crippen LogP contribution in [-0.4, -0.2) is 49.4 Å². The molecular weight excluding hydrogens is 857 g/mol. The Bertz CT molecular complexity index is 935. The molecule has 0 saturated heterocycles. The maximum atomic E-state index is 12.9. The van der Waals surface area contributed by atoms with Gasteiger partial charge in [-0.05, 0) is 19.3 Å². The van der Waals surface area contributed by atoms with Gasteiger partial charge in [0, 0.05) is 19.3 Å². The lowest BCUT2D eigenvalue weighted by atomic mass is 9.92. The molecule has 0 aromatic heterocycles. The highest BCUT2D eigenvalue weighted by Crippen LogP contribution is 2.23. The van der Waals surface area contributed by atoms with E-state index in [4.69, 9.17) is 14.2 Å². The molecule has 1 N–H and O–H groups in total. The zero-order valence-electron chi connectivity index (χ0n) is 46.8. The molecule has 0 aliphatic rings. The molecule has 0 fully saturated rings. The van der Waals surface area contributed by atoms with Gasteiger partial charge in [-0.15, -0.1) is 0 Å². The molecule has 0 bridgehead atoms. The first kappa shape index (κ1) is 67.4. The number of esters is 3. The van der Waals surface area contributed by atoms with Gasteiger partial charge in [0.2, 0.25) is 0 Å². The summed E-state index contributed by atoms with van der Waals surface area (Å²) in [6.07, 6.45) is 62.2. The fourth-order valence-corrected chi connectivity index (χ4v) is 9.63. The van der Waals surface area contributed by atoms with Gasteiger partial charge < -0.3 is 19.3 Å². The van der Waals surface area contributed by atoms with Crippen molar-refractivity contribution in [2.24, 2.45) is 5.41 Å². The average Bonchev–Trinajstić information content (AvgIpc) is 3.35. The quantitative estimate of drug-likeness (QED) is 0.0368. The van der Waals surface area contributed by atoms with Crippen LogP contribution in [-0.2, 0) is 28.6 Å². The lowest BCUT2D eigenvalue weighted by Crippen LogP contribution is -2.42. The monoisotopic (exact) mass is 977 g/mol. The van der Waals surface area contributed by atoms with Crippen molar-refractivity contribution in [2.75, 3.05) is 26.4 Å². The predicted molar refractivity (Wildman–Crippen MR) is 295 cm³/mol. The number of aliphatic hydroxyl groups excluding tert-OH is 1. The summed E-state index contributed by atoms with van der Waals surface area (Å²) in [6, 6.07) is 0. The number of hydrogen-bond acceptors (Lipinski definition) is 7. The van der Waals surface area contributed by atoms with E-state index in [2.05, 4.69) is 20.8 Å². The minimum absolute atomic E-state index is 0.153. The molecule has 0 rings (SSSR count). The molecule has 7 heteroatoms. The molecule has 7 nitrogen and oxygen atoms in total. The van der Waals surface area contributed by atoms with Crippen molar-refractivity contribution in [3.63, 3.8) is 0 Å². The third-order valence-electron chi connectivity index (χ3n) is 14.7. The van der Waals surface area contributed by atoms with Crippen LogP contribution in [0.2, 0.25) is 0 Å². The summed E-state index contributed by atoms with van der Waals surface area (Å²) in [5.74, 6) is -0.966. The summed E-state index contributed by atoms with van der Waals surface area (Å²) in [7, 11) is 0. The third kappa shape index (κ3) is 51.1. The fourth-order valence-electron chi connectivity index (χ4n) is 9.63. The smallest absolute Gasteiger partial charge is 0.305 e. The zero-order chi connectivity index (χ0) is 50.2. The molecule has 0 aromatic rings. The molecular formula is C62H120O7. The van der Waals surface area contributed by atoms with E-state index in [1.165, 1.54) is 250 Å². The van der Waals surface area contributed by atoms with Crippen LogP contribution in [0, 0.1) is 5.41 Å². The second kappa shape index (κ2) is 55.7. The number of rotatable bonds is 58. The number of carbonyl (C=O) groups excluding carboxylic acids is 3. The third-order valence-corrected chi connectivity index (χ3v) is 14.7. The summed E-state index contributed by atoms with van der Waals surface area (Å²) >= 11 is 0. The van der Waals surface area contributed by atoms with Crippen molar-refractivity contribution in [1.29, 1.82) is 0 Å². The summed E-state index contributed by atoms with van der Waals surface area (Å²) in [4.78, 5) is 38.6. The molecule has 0 atom stereocenters. The normalized spacial score (nSPS) is 11.7. The Labute approximate surface area is 430 Å². The minimum atomic E-state index is -1.18.